The lowest BCUT2D eigenvalue weighted by molar-refractivity contribution is -0.120. The second-order valence-corrected chi connectivity index (χ2v) is 9.66. The van der Waals surface area contributed by atoms with Crippen LogP contribution >= 0.6 is 23.2 Å². The van der Waals surface area contributed by atoms with Crippen LogP contribution in [0.1, 0.15) is 18.4 Å². The van der Waals surface area contributed by atoms with Crippen molar-refractivity contribution in [1.29, 1.82) is 0 Å². The number of rotatable bonds is 6. The van der Waals surface area contributed by atoms with Crippen LogP contribution in [0.25, 0.3) is 0 Å². The van der Waals surface area contributed by atoms with E-state index in [2.05, 4.69) is 5.32 Å². The Labute approximate surface area is 180 Å². The third-order valence-corrected chi connectivity index (χ3v) is 7.35. The summed E-state index contributed by atoms with van der Waals surface area (Å²) in [6, 6.07) is 11.9. The molecule has 1 aliphatic rings. The maximum atomic E-state index is 12.9. The number of amides is 1. The van der Waals surface area contributed by atoms with Crippen LogP contribution in [0, 0.1) is 5.92 Å². The molecule has 1 saturated heterocycles. The predicted molar refractivity (Wildman–Crippen MR) is 115 cm³/mol. The molecule has 2 aromatic carbocycles. The normalized spacial score (nSPS) is 17.7. The van der Waals surface area contributed by atoms with Gasteiger partial charge in [0.1, 0.15) is 5.75 Å². The first-order valence-electron chi connectivity index (χ1n) is 9.16. The fourth-order valence-corrected chi connectivity index (χ4v) is 5.66. The Hall–Kier alpha value is -1.80. The first kappa shape index (κ1) is 21.9. The second-order valence-electron chi connectivity index (χ2n) is 6.87. The van der Waals surface area contributed by atoms with Gasteiger partial charge in [-0.05, 0) is 37.1 Å². The fraction of sp³-hybridized carbons (Fsp3) is 0.350. The zero-order valence-electron chi connectivity index (χ0n) is 15.9. The molecule has 1 fully saturated rings. The monoisotopic (exact) mass is 456 g/mol. The fourth-order valence-electron chi connectivity index (χ4n) is 3.30. The molecule has 0 saturated carbocycles. The summed E-state index contributed by atoms with van der Waals surface area (Å²) in [5, 5.41) is 3.46. The summed E-state index contributed by atoms with van der Waals surface area (Å²) in [5.74, 6) is -0.317. The van der Waals surface area contributed by atoms with E-state index in [1.165, 1.54) is 4.31 Å². The number of nitrogens with zero attached hydrogens (tertiary/aromatic N) is 1. The van der Waals surface area contributed by atoms with Crippen LogP contribution in [0.3, 0.4) is 0 Å². The van der Waals surface area contributed by atoms with E-state index < -0.39 is 15.9 Å². The molecule has 9 heteroatoms. The summed E-state index contributed by atoms with van der Waals surface area (Å²) in [5.41, 5.74) is 0.982. The van der Waals surface area contributed by atoms with Crippen molar-refractivity contribution in [3.63, 3.8) is 0 Å². The molecular weight excluding hydrogens is 435 g/mol. The SMILES string of the molecule is COc1cccc(NC(=O)C2CCCN(S(=O)(=O)Cc3c(Cl)cccc3Cl)C2)c1. The van der Waals surface area contributed by atoms with Crippen LogP contribution in [0.15, 0.2) is 42.5 Å². The number of anilines is 1. The lowest BCUT2D eigenvalue weighted by Crippen LogP contribution is -2.44. The zero-order chi connectivity index (χ0) is 21.0. The molecule has 1 unspecified atom stereocenters. The van der Waals surface area contributed by atoms with Gasteiger partial charge in [-0.2, -0.15) is 0 Å². The third-order valence-electron chi connectivity index (χ3n) is 4.87. The number of carbonyl (C=O) groups is 1. The lowest BCUT2D eigenvalue weighted by Gasteiger charge is -2.31. The molecule has 0 bridgehead atoms. The Kier molecular flexibility index (Phi) is 7.05. The topological polar surface area (TPSA) is 75.7 Å². The number of ether oxygens (including phenoxy) is 1. The predicted octanol–water partition coefficient (Wildman–Crippen LogP) is 4.18. The van der Waals surface area contributed by atoms with E-state index >= 15 is 0 Å². The summed E-state index contributed by atoms with van der Waals surface area (Å²) in [6.07, 6.45) is 1.22. The van der Waals surface area contributed by atoms with Crippen LogP contribution in [0.2, 0.25) is 10.0 Å². The highest BCUT2D eigenvalue weighted by Gasteiger charge is 2.33. The lowest BCUT2D eigenvalue weighted by atomic mass is 9.98. The first-order valence-corrected chi connectivity index (χ1v) is 11.5. The van der Waals surface area contributed by atoms with Crippen LogP contribution < -0.4 is 10.1 Å². The van der Waals surface area contributed by atoms with Gasteiger partial charge in [0.25, 0.3) is 0 Å². The molecule has 1 aliphatic heterocycles. The van der Waals surface area contributed by atoms with Gasteiger partial charge in [-0.3, -0.25) is 4.79 Å². The molecule has 0 spiro atoms. The van der Waals surface area contributed by atoms with Gasteiger partial charge in [0.15, 0.2) is 0 Å². The number of carbonyl (C=O) groups excluding carboxylic acids is 1. The van der Waals surface area contributed by atoms with E-state index in [0.29, 0.717) is 46.4 Å². The summed E-state index contributed by atoms with van der Waals surface area (Å²) >= 11 is 12.3. The quantitative estimate of drug-likeness (QED) is 0.706. The number of halogens is 2. The molecule has 0 aliphatic carbocycles. The Morgan fingerprint density at radius 3 is 2.59 bits per heavy atom. The second kappa shape index (κ2) is 9.34. The standard InChI is InChI=1S/C20H22Cl2N2O4S/c1-28-16-7-2-6-15(11-16)23-20(25)14-5-4-10-24(12-14)29(26,27)13-17-18(21)8-3-9-19(17)22/h2-3,6-9,11,14H,4-5,10,12-13H2,1H3,(H,23,25). The first-order chi connectivity index (χ1) is 13.8. The van der Waals surface area contributed by atoms with Crippen molar-refractivity contribution in [1.82, 2.24) is 4.31 Å². The van der Waals surface area contributed by atoms with Gasteiger partial charge >= 0.3 is 0 Å². The molecule has 3 rings (SSSR count). The largest absolute Gasteiger partial charge is 0.497 e. The smallest absolute Gasteiger partial charge is 0.228 e. The van der Waals surface area contributed by atoms with Crippen LogP contribution in [0.5, 0.6) is 5.75 Å². The van der Waals surface area contributed by atoms with E-state index in [-0.39, 0.29) is 18.2 Å². The van der Waals surface area contributed by atoms with E-state index in [0.717, 1.165) is 0 Å². The van der Waals surface area contributed by atoms with Gasteiger partial charge in [0.05, 0.1) is 18.8 Å². The minimum atomic E-state index is -3.67. The molecular formula is C20H22Cl2N2O4S. The summed E-state index contributed by atoms with van der Waals surface area (Å²) < 4.78 is 32.4. The highest BCUT2D eigenvalue weighted by Crippen LogP contribution is 2.29. The molecule has 0 radical (unpaired) electrons. The van der Waals surface area contributed by atoms with Crippen molar-refractivity contribution >= 4 is 44.8 Å². The maximum absolute atomic E-state index is 12.9. The van der Waals surface area contributed by atoms with E-state index in [1.54, 1.807) is 49.6 Å². The molecule has 2 aromatic rings. The molecule has 1 atom stereocenters. The molecule has 1 N–H and O–H groups in total. The zero-order valence-corrected chi connectivity index (χ0v) is 18.2. The molecule has 1 heterocycles. The molecule has 6 nitrogen and oxygen atoms in total. The number of benzene rings is 2. The van der Waals surface area contributed by atoms with Gasteiger partial charge in [0.2, 0.25) is 15.9 Å². The van der Waals surface area contributed by atoms with E-state index in [9.17, 15) is 13.2 Å². The minimum Gasteiger partial charge on any atom is -0.497 e. The van der Waals surface area contributed by atoms with Crippen molar-refractivity contribution in [3.8, 4) is 5.75 Å². The minimum absolute atomic E-state index is 0.125. The van der Waals surface area contributed by atoms with Crippen molar-refractivity contribution in [2.24, 2.45) is 5.92 Å². The third kappa shape index (κ3) is 5.42. The summed E-state index contributed by atoms with van der Waals surface area (Å²) in [7, 11) is -2.12. The average Bonchev–Trinajstić information content (AvgIpc) is 2.71. The number of nitrogens with one attached hydrogen (secondary N) is 1. The van der Waals surface area contributed by atoms with Crippen molar-refractivity contribution < 1.29 is 17.9 Å². The van der Waals surface area contributed by atoms with Gasteiger partial charge in [0, 0.05) is 40.5 Å². The Morgan fingerprint density at radius 2 is 1.90 bits per heavy atom. The van der Waals surface area contributed by atoms with Crippen LogP contribution in [-0.2, 0) is 20.6 Å². The highest BCUT2D eigenvalue weighted by molar-refractivity contribution is 7.88. The highest BCUT2D eigenvalue weighted by atomic mass is 35.5. The Morgan fingerprint density at radius 1 is 1.21 bits per heavy atom. The molecule has 156 valence electrons. The van der Waals surface area contributed by atoms with Gasteiger partial charge in [-0.25, -0.2) is 12.7 Å². The summed E-state index contributed by atoms with van der Waals surface area (Å²) in [6.45, 7) is 0.494. The van der Waals surface area contributed by atoms with Crippen molar-refractivity contribution in [2.45, 2.75) is 18.6 Å². The van der Waals surface area contributed by atoms with Crippen LogP contribution in [0.4, 0.5) is 5.69 Å². The van der Waals surface area contributed by atoms with Crippen molar-refractivity contribution in [2.75, 3.05) is 25.5 Å². The molecule has 0 aromatic heterocycles. The number of sulfonamides is 1. The molecule has 29 heavy (non-hydrogen) atoms. The Balaban J connectivity index is 1.70. The van der Waals surface area contributed by atoms with Gasteiger partial charge in [-0.15, -0.1) is 0 Å². The number of hydrogen-bond acceptors (Lipinski definition) is 4. The number of methoxy groups -OCH3 is 1. The van der Waals surface area contributed by atoms with E-state index in [1.807, 2.05) is 0 Å². The van der Waals surface area contributed by atoms with Crippen molar-refractivity contribution in [3.05, 3.63) is 58.1 Å². The van der Waals surface area contributed by atoms with Crippen LogP contribution in [-0.4, -0.2) is 38.8 Å². The average molecular weight is 457 g/mol. The Bertz CT molecular complexity index is 977. The van der Waals surface area contributed by atoms with Gasteiger partial charge < -0.3 is 10.1 Å². The number of piperidine rings is 1. The van der Waals surface area contributed by atoms with E-state index in [4.69, 9.17) is 27.9 Å². The molecule has 1 amide bonds. The van der Waals surface area contributed by atoms with Gasteiger partial charge in [-0.1, -0.05) is 35.3 Å². The maximum Gasteiger partial charge on any atom is 0.228 e. The summed E-state index contributed by atoms with van der Waals surface area (Å²) in [4.78, 5) is 12.7. The number of hydrogen-bond donors (Lipinski definition) is 1.